The van der Waals surface area contributed by atoms with E-state index in [1.165, 1.54) is 0 Å². The monoisotopic (exact) mass is 347 g/mol. The minimum absolute atomic E-state index is 0.0317. The van der Waals surface area contributed by atoms with Crippen LogP contribution in [0.2, 0.25) is 0 Å². The van der Waals surface area contributed by atoms with Crippen molar-refractivity contribution in [3.05, 3.63) is 84.7 Å². The van der Waals surface area contributed by atoms with E-state index in [0.29, 0.717) is 5.75 Å². The predicted molar refractivity (Wildman–Crippen MR) is 102 cm³/mol. The Morgan fingerprint density at radius 1 is 1.00 bits per heavy atom. The molecule has 0 aliphatic rings. The molecule has 1 amide bonds. The molecule has 5 heteroatoms. The summed E-state index contributed by atoms with van der Waals surface area (Å²) in [5, 5.41) is 6.19. The number of pyridine rings is 1. The van der Waals surface area contributed by atoms with E-state index in [4.69, 9.17) is 4.74 Å². The second-order valence-corrected chi connectivity index (χ2v) is 5.88. The van der Waals surface area contributed by atoms with Gasteiger partial charge in [0.2, 0.25) is 0 Å². The summed E-state index contributed by atoms with van der Waals surface area (Å²) in [6.45, 7) is 1.88. The number of carbonyl (C=O) groups is 1. The number of aromatic nitrogens is 1. The van der Waals surface area contributed by atoms with Gasteiger partial charge in [0.05, 0.1) is 6.04 Å². The van der Waals surface area contributed by atoms with E-state index in [-0.39, 0.29) is 18.6 Å². The zero-order chi connectivity index (χ0) is 18.2. The van der Waals surface area contributed by atoms with E-state index < -0.39 is 0 Å². The van der Waals surface area contributed by atoms with Gasteiger partial charge in [0.15, 0.2) is 6.61 Å². The highest BCUT2D eigenvalue weighted by atomic mass is 16.5. The molecule has 5 nitrogen and oxygen atoms in total. The quantitative estimate of drug-likeness (QED) is 0.676. The maximum atomic E-state index is 12.0. The fourth-order valence-corrected chi connectivity index (χ4v) is 2.47. The molecule has 1 aromatic heterocycles. The summed E-state index contributed by atoms with van der Waals surface area (Å²) in [5.41, 5.74) is 2.93. The number of ether oxygens (including phenoxy) is 1. The van der Waals surface area contributed by atoms with Crippen molar-refractivity contribution in [3.8, 4) is 5.75 Å². The number of carbonyl (C=O) groups excluding carboxylic acids is 1. The molecule has 0 fully saturated rings. The van der Waals surface area contributed by atoms with Gasteiger partial charge in [0.1, 0.15) is 5.75 Å². The molecule has 1 atom stereocenters. The molecule has 0 saturated heterocycles. The van der Waals surface area contributed by atoms with Gasteiger partial charge in [-0.05, 0) is 55.0 Å². The largest absolute Gasteiger partial charge is 0.484 e. The van der Waals surface area contributed by atoms with Crippen molar-refractivity contribution in [2.45, 2.75) is 13.0 Å². The summed E-state index contributed by atoms with van der Waals surface area (Å²) in [6.07, 6.45) is 3.45. The van der Waals surface area contributed by atoms with Crippen LogP contribution in [0.1, 0.15) is 18.5 Å². The predicted octanol–water partition coefficient (Wildman–Crippen LogP) is 4.08. The van der Waals surface area contributed by atoms with Crippen LogP contribution in [0.25, 0.3) is 0 Å². The number of rotatable bonds is 7. The minimum Gasteiger partial charge on any atom is -0.484 e. The third-order valence-corrected chi connectivity index (χ3v) is 3.85. The van der Waals surface area contributed by atoms with E-state index in [9.17, 15) is 4.79 Å². The lowest BCUT2D eigenvalue weighted by molar-refractivity contribution is -0.123. The molecule has 0 spiro atoms. The molecule has 3 rings (SSSR count). The third-order valence-electron chi connectivity index (χ3n) is 3.85. The number of benzene rings is 2. The van der Waals surface area contributed by atoms with Crippen LogP contribution in [0, 0.1) is 0 Å². The zero-order valence-corrected chi connectivity index (χ0v) is 14.6. The van der Waals surface area contributed by atoms with Gasteiger partial charge in [0, 0.05) is 23.8 Å². The Kier molecular flexibility index (Phi) is 5.83. The molecule has 0 aliphatic heterocycles. The van der Waals surface area contributed by atoms with Crippen molar-refractivity contribution in [2.75, 3.05) is 11.9 Å². The van der Waals surface area contributed by atoms with Crippen molar-refractivity contribution in [2.24, 2.45) is 0 Å². The highest BCUT2D eigenvalue weighted by Crippen LogP contribution is 2.19. The maximum Gasteiger partial charge on any atom is 0.258 e. The first-order chi connectivity index (χ1) is 12.7. The number of anilines is 2. The number of nitrogens with one attached hydrogen (secondary N) is 2. The Labute approximate surface area is 153 Å². The second kappa shape index (κ2) is 8.67. The molecule has 1 heterocycles. The van der Waals surface area contributed by atoms with Crippen LogP contribution < -0.4 is 15.4 Å². The van der Waals surface area contributed by atoms with Crippen LogP contribution in [0.3, 0.4) is 0 Å². The van der Waals surface area contributed by atoms with Gasteiger partial charge in [-0.2, -0.15) is 0 Å². The zero-order valence-electron chi connectivity index (χ0n) is 14.6. The van der Waals surface area contributed by atoms with E-state index >= 15 is 0 Å². The molecule has 0 unspecified atom stereocenters. The second-order valence-electron chi connectivity index (χ2n) is 5.88. The summed E-state index contributed by atoms with van der Waals surface area (Å²) in [4.78, 5) is 16.1. The number of hydrogen-bond donors (Lipinski definition) is 2. The third kappa shape index (κ3) is 5.08. The Balaban J connectivity index is 1.48. The molecule has 3 aromatic rings. The topological polar surface area (TPSA) is 63.2 Å². The Hall–Kier alpha value is -3.34. The SMILES string of the molecule is C[C@H](NC(=O)COc1ccc(Nc2ccccc2)cc1)c1cccnc1. The first-order valence-electron chi connectivity index (χ1n) is 8.45. The van der Waals surface area contributed by atoms with E-state index in [1.54, 1.807) is 12.4 Å². The van der Waals surface area contributed by atoms with Gasteiger partial charge in [-0.25, -0.2) is 0 Å². The van der Waals surface area contributed by atoms with Crippen LogP contribution in [-0.2, 0) is 4.79 Å². The lowest BCUT2D eigenvalue weighted by atomic mass is 10.1. The maximum absolute atomic E-state index is 12.0. The fourth-order valence-electron chi connectivity index (χ4n) is 2.47. The molecular formula is C21H21N3O2. The van der Waals surface area contributed by atoms with Crippen LogP contribution in [0.5, 0.6) is 5.75 Å². The minimum atomic E-state index is -0.173. The molecule has 2 N–H and O–H groups in total. The lowest BCUT2D eigenvalue weighted by Gasteiger charge is -2.14. The number of amides is 1. The van der Waals surface area contributed by atoms with Gasteiger partial charge >= 0.3 is 0 Å². The average molecular weight is 347 g/mol. The normalized spacial score (nSPS) is 11.4. The highest BCUT2D eigenvalue weighted by Gasteiger charge is 2.10. The molecule has 0 aliphatic carbocycles. The van der Waals surface area contributed by atoms with Gasteiger partial charge in [-0.3, -0.25) is 9.78 Å². The summed E-state index contributed by atoms with van der Waals surface area (Å²) < 4.78 is 5.55. The van der Waals surface area contributed by atoms with Gasteiger partial charge in [0.25, 0.3) is 5.91 Å². The highest BCUT2D eigenvalue weighted by molar-refractivity contribution is 5.78. The number of para-hydroxylation sites is 1. The van der Waals surface area contributed by atoms with Crippen molar-refractivity contribution in [1.29, 1.82) is 0 Å². The standard InChI is InChI=1S/C21H21N3O2/c1-16(17-6-5-13-22-14-17)23-21(25)15-26-20-11-9-19(10-12-20)24-18-7-3-2-4-8-18/h2-14,16,24H,15H2,1H3,(H,23,25)/t16-/m0/s1. The molecule has 2 aromatic carbocycles. The molecule has 132 valence electrons. The van der Waals surface area contributed by atoms with Crippen LogP contribution in [0.4, 0.5) is 11.4 Å². The molecule has 26 heavy (non-hydrogen) atoms. The Morgan fingerprint density at radius 2 is 1.73 bits per heavy atom. The van der Waals surface area contributed by atoms with E-state index in [2.05, 4.69) is 15.6 Å². The lowest BCUT2D eigenvalue weighted by Crippen LogP contribution is -2.31. The Morgan fingerprint density at radius 3 is 2.42 bits per heavy atom. The van der Waals surface area contributed by atoms with Gasteiger partial charge < -0.3 is 15.4 Å². The van der Waals surface area contributed by atoms with E-state index in [0.717, 1.165) is 16.9 Å². The fraction of sp³-hybridized carbons (Fsp3) is 0.143. The Bertz CT molecular complexity index is 821. The van der Waals surface area contributed by atoms with Crippen molar-refractivity contribution in [1.82, 2.24) is 10.3 Å². The first-order valence-corrected chi connectivity index (χ1v) is 8.45. The van der Waals surface area contributed by atoms with Crippen molar-refractivity contribution in [3.63, 3.8) is 0 Å². The molecule has 0 saturated carbocycles. The smallest absolute Gasteiger partial charge is 0.258 e. The van der Waals surface area contributed by atoms with Crippen LogP contribution in [-0.4, -0.2) is 17.5 Å². The molecule has 0 radical (unpaired) electrons. The number of nitrogens with zero attached hydrogens (tertiary/aromatic N) is 1. The van der Waals surface area contributed by atoms with Crippen molar-refractivity contribution < 1.29 is 9.53 Å². The number of hydrogen-bond acceptors (Lipinski definition) is 4. The van der Waals surface area contributed by atoms with Crippen LogP contribution in [0.15, 0.2) is 79.1 Å². The molecular weight excluding hydrogens is 326 g/mol. The molecule has 0 bridgehead atoms. The van der Waals surface area contributed by atoms with Gasteiger partial charge in [-0.1, -0.05) is 24.3 Å². The van der Waals surface area contributed by atoms with Crippen molar-refractivity contribution >= 4 is 17.3 Å². The summed E-state index contributed by atoms with van der Waals surface area (Å²) in [7, 11) is 0. The first kappa shape index (κ1) is 17.5. The summed E-state index contributed by atoms with van der Waals surface area (Å²) >= 11 is 0. The van der Waals surface area contributed by atoms with Gasteiger partial charge in [-0.15, -0.1) is 0 Å². The average Bonchev–Trinajstić information content (AvgIpc) is 2.69. The summed E-state index contributed by atoms with van der Waals surface area (Å²) in [6, 6.07) is 21.1. The van der Waals surface area contributed by atoms with Crippen LogP contribution >= 0.6 is 0 Å². The summed E-state index contributed by atoms with van der Waals surface area (Å²) in [5.74, 6) is 0.473. The van der Waals surface area contributed by atoms with E-state index in [1.807, 2.05) is 73.7 Å².